The first-order valence-electron chi connectivity index (χ1n) is 4.13. The van der Waals surface area contributed by atoms with Gasteiger partial charge in [0.05, 0.1) is 0 Å². The van der Waals surface area contributed by atoms with Crippen molar-refractivity contribution in [1.29, 1.82) is 0 Å². The Morgan fingerprint density at radius 2 is 2.00 bits per heavy atom. The third kappa shape index (κ3) is 3.01. The predicted octanol–water partition coefficient (Wildman–Crippen LogP) is 1.51. The lowest BCUT2D eigenvalue weighted by atomic mass is 10.1. The molecular formula is C8H18N2S. The summed E-state index contributed by atoms with van der Waals surface area (Å²) in [7, 11) is 0. The molecule has 0 spiro atoms. The van der Waals surface area contributed by atoms with E-state index in [0.717, 1.165) is 6.54 Å². The molecule has 0 heterocycles. The summed E-state index contributed by atoms with van der Waals surface area (Å²) < 4.78 is 3.79. The molecule has 66 valence electrons. The Bertz CT molecular complexity index is 136. The van der Waals surface area contributed by atoms with E-state index in [4.69, 9.17) is 5.73 Å². The van der Waals surface area contributed by atoms with Crippen LogP contribution in [0, 0.1) is 0 Å². The Morgan fingerprint density at radius 1 is 1.45 bits per heavy atom. The standard InChI is InChI=1S/C8H18N2S/c1-7(2,3)10-11-8(6-9)4-5-8/h10H,4-6,9H2,1-3H3. The first-order chi connectivity index (χ1) is 4.97. The topological polar surface area (TPSA) is 38.0 Å². The molecular weight excluding hydrogens is 156 g/mol. The summed E-state index contributed by atoms with van der Waals surface area (Å²) in [4.78, 5) is 0. The summed E-state index contributed by atoms with van der Waals surface area (Å²) in [6.45, 7) is 7.33. The summed E-state index contributed by atoms with van der Waals surface area (Å²) in [5.74, 6) is 0. The predicted molar refractivity (Wildman–Crippen MR) is 51.5 cm³/mol. The van der Waals surface area contributed by atoms with E-state index in [1.807, 2.05) is 11.9 Å². The number of nitrogens with one attached hydrogen (secondary N) is 1. The first-order valence-corrected chi connectivity index (χ1v) is 4.94. The van der Waals surface area contributed by atoms with Gasteiger partial charge in [-0.2, -0.15) is 0 Å². The van der Waals surface area contributed by atoms with Crippen LogP contribution in [-0.4, -0.2) is 16.8 Å². The van der Waals surface area contributed by atoms with E-state index in [9.17, 15) is 0 Å². The average molecular weight is 174 g/mol. The van der Waals surface area contributed by atoms with Crippen LogP contribution in [0.4, 0.5) is 0 Å². The van der Waals surface area contributed by atoms with Crippen molar-refractivity contribution < 1.29 is 0 Å². The Morgan fingerprint density at radius 3 is 2.27 bits per heavy atom. The van der Waals surface area contributed by atoms with E-state index in [2.05, 4.69) is 25.5 Å². The van der Waals surface area contributed by atoms with Gasteiger partial charge >= 0.3 is 0 Å². The molecule has 1 fully saturated rings. The van der Waals surface area contributed by atoms with Crippen molar-refractivity contribution in [1.82, 2.24) is 4.72 Å². The zero-order valence-electron chi connectivity index (χ0n) is 7.61. The second kappa shape index (κ2) is 2.96. The van der Waals surface area contributed by atoms with Crippen LogP contribution in [0.5, 0.6) is 0 Å². The van der Waals surface area contributed by atoms with Gasteiger partial charge in [0.2, 0.25) is 0 Å². The van der Waals surface area contributed by atoms with E-state index in [1.165, 1.54) is 12.8 Å². The minimum atomic E-state index is 0.204. The van der Waals surface area contributed by atoms with E-state index < -0.39 is 0 Å². The number of hydrogen-bond donors (Lipinski definition) is 2. The molecule has 3 heteroatoms. The van der Waals surface area contributed by atoms with Crippen molar-refractivity contribution in [2.75, 3.05) is 6.54 Å². The molecule has 0 unspecified atom stereocenters. The van der Waals surface area contributed by atoms with Gasteiger partial charge in [-0.25, -0.2) is 0 Å². The maximum absolute atomic E-state index is 5.64. The molecule has 3 N–H and O–H groups in total. The van der Waals surface area contributed by atoms with Crippen molar-refractivity contribution in [2.24, 2.45) is 5.73 Å². The molecule has 0 bridgehead atoms. The molecule has 11 heavy (non-hydrogen) atoms. The minimum absolute atomic E-state index is 0.204. The van der Waals surface area contributed by atoms with Gasteiger partial charge in [0.1, 0.15) is 0 Å². The number of nitrogens with two attached hydrogens (primary N) is 1. The summed E-state index contributed by atoms with van der Waals surface area (Å²) in [6, 6.07) is 0. The fraction of sp³-hybridized carbons (Fsp3) is 1.00. The van der Waals surface area contributed by atoms with Gasteiger partial charge in [-0.05, 0) is 33.6 Å². The molecule has 0 amide bonds. The Labute approximate surface area is 73.4 Å². The lowest BCUT2D eigenvalue weighted by molar-refractivity contribution is 0.533. The van der Waals surface area contributed by atoms with Crippen LogP contribution in [0.1, 0.15) is 33.6 Å². The highest BCUT2D eigenvalue weighted by Gasteiger charge is 2.42. The van der Waals surface area contributed by atoms with Crippen LogP contribution in [0.25, 0.3) is 0 Å². The molecule has 0 aromatic heterocycles. The maximum atomic E-state index is 5.64. The van der Waals surface area contributed by atoms with Gasteiger partial charge in [0, 0.05) is 16.8 Å². The summed E-state index contributed by atoms with van der Waals surface area (Å²) >= 11 is 1.82. The van der Waals surface area contributed by atoms with E-state index in [-0.39, 0.29) is 5.54 Å². The largest absolute Gasteiger partial charge is 0.329 e. The summed E-state index contributed by atoms with van der Waals surface area (Å²) in [5.41, 5.74) is 5.84. The molecule has 1 aliphatic carbocycles. The third-order valence-electron chi connectivity index (χ3n) is 1.75. The number of hydrogen-bond acceptors (Lipinski definition) is 3. The molecule has 0 atom stereocenters. The Kier molecular flexibility index (Phi) is 2.52. The van der Waals surface area contributed by atoms with Crippen molar-refractivity contribution in [3.05, 3.63) is 0 Å². The molecule has 1 aliphatic rings. The molecule has 1 rings (SSSR count). The van der Waals surface area contributed by atoms with Crippen molar-refractivity contribution in [2.45, 2.75) is 43.9 Å². The second-order valence-corrected chi connectivity index (χ2v) is 5.62. The zero-order valence-corrected chi connectivity index (χ0v) is 8.42. The van der Waals surface area contributed by atoms with Gasteiger partial charge in [-0.15, -0.1) is 0 Å². The fourth-order valence-electron chi connectivity index (χ4n) is 0.749. The lowest BCUT2D eigenvalue weighted by Gasteiger charge is -2.23. The van der Waals surface area contributed by atoms with Crippen LogP contribution >= 0.6 is 11.9 Å². The summed E-state index contributed by atoms with van der Waals surface area (Å²) in [5, 5.41) is 0. The quantitative estimate of drug-likeness (QED) is 0.637. The van der Waals surface area contributed by atoms with E-state index in [0.29, 0.717) is 4.75 Å². The zero-order chi connectivity index (χ0) is 8.54. The van der Waals surface area contributed by atoms with Crippen molar-refractivity contribution in [3.63, 3.8) is 0 Å². The van der Waals surface area contributed by atoms with Gasteiger partial charge < -0.3 is 5.73 Å². The van der Waals surface area contributed by atoms with Crippen LogP contribution in [0.3, 0.4) is 0 Å². The lowest BCUT2D eigenvalue weighted by Crippen LogP contribution is -2.34. The molecule has 0 saturated heterocycles. The average Bonchev–Trinajstić information content (AvgIpc) is 2.63. The van der Waals surface area contributed by atoms with E-state index in [1.54, 1.807) is 0 Å². The van der Waals surface area contributed by atoms with Crippen molar-refractivity contribution >= 4 is 11.9 Å². The molecule has 0 aliphatic heterocycles. The van der Waals surface area contributed by atoms with E-state index >= 15 is 0 Å². The Balaban J connectivity index is 2.22. The first kappa shape index (κ1) is 9.36. The highest BCUT2D eigenvalue weighted by atomic mass is 32.2. The van der Waals surface area contributed by atoms with Gasteiger partial charge in [0.15, 0.2) is 0 Å². The van der Waals surface area contributed by atoms with Crippen LogP contribution in [-0.2, 0) is 0 Å². The SMILES string of the molecule is CC(C)(C)NSC1(CN)CC1. The van der Waals surface area contributed by atoms with Crippen LogP contribution < -0.4 is 10.5 Å². The van der Waals surface area contributed by atoms with Crippen LogP contribution in [0.2, 0.25) is 0 Å². The second-order valence-electron chi connectivity index (χ2n) is 4.34. The smallest absolute Gasteiger partial charge is 0.0428 e. The van der Waals surface area contributed by atoms with Crippen molar-refractivity contribution in [3.8, 4) is 0 Å². The molecule has 0 aromatic rings. The fourth-order valence-corrected chi connectivity index (χ4v) is 1.66. The van der Waals surface area contributed by atoms with Gasteiger partial charge in [-0.1, -0.05) is 11.9 Å². The molecule has 1 saturated carbocycles. The highest BCUT2D eigenvalue weighted by molar-refractivity contribution is 7.99. The van der Waals surface area contributed by atoms with Gasteiger partial charge in [0.25, 0.3) is 0 Å². The summed E-state index contributed by atoms with van der Waals surface area (Å²) in [6.07, 6.45) is 2.55. The molecule has 2 nitrogen and oxygen atoms in total. The normalized spacial score (nSPS) is 21.8. The van der Waals surface area contributed by atoms with Crippen LogP contribution in [0.15, 0.2) is 0 Å². The third-order valence-corrected chi connectivity index (χ3v) is 3.48. The number of rotatable bonds is 3. The monoisotopic (exact) mass is 174 g/mol. The highest BCUT2D eigenvalue weighted by Crippen LogP contribution is 2.46. The van der Waals surface area contributed by atoms with Gasteiger partial charge in [-0.3, -0.25) is 4.72 Å². The maximum Gasteiger partial charge on any atom is 0.0428 e. The Hall–Kier alpha value is 0.270. The molecule has 0 aromatic carbocycles. The molecule has 0 radical (unpaired) electrons. The minimum Gasteiger partial charge on any atom is -0.329 e.